The number of hydrogen-bond donors (Lipinski definition) is 0. The molecule has 0 radical (unpaired) electrons. The van der Waals surface area contributed by atoms with E-state index in [-0.39, 0.29) is 11.4 Å². The third kappa shape index (κ3) is 2.32. The molecule has 2 unspecified atom stereocenters. The van der Waals surface area contributed by atoms with Gasteiger partial charge in [-0.15, -0.1) is 0 Å². The van der Waals surface area contributed by atoms with Crippen molar-refractivity contribution in [1.29, 1.82) is 0 Å². The number of halogens is 2. The number of piperidine rings is 1. The van der Waals surface area contributed by atoms with E-state index in [1.54, 1.807) is 6.20 Å². The second-order valence-electron chi connectivity index (χ2n) is 7.04. The van der Waals surface area contributed by atoms with Crippen LogP contribution in [0.4, 0.5) is 4.79 Å². The molecule has 2 atom stereocenters. The minimum absolute atomic E-state index is 0.122. The van der Waals surface area contributed by atoms with Crippen LogP contribution in [0.25, 0.3) is 5.52 Å². The lowest BCUT2D eigenvalue weighted by atomic mass is 9.77. The van der Waals surface area contributed by atoms with E-state index in [9.17, 15) is 4.79 Å². The molecule has 0 spiro atoms. The minimum Gasteiger partial charge on any atom is -0.328 e. The fourth-order valence-electron chi connectivity index (χ4n) is 3.98. The zero-order valence-electron chi connectivity index (χ0n) is 13.7. The van der Waals surface area contributed by atoms with Crippen LogP contribution in [0.3, 0.4) is 0 Å². The van der Waals surface area contributed by atoms with Crippen molar-refractivity contribution in [2.24, 2.45) is 0 Å². The van der Waals surface area contributed by atoms with E-state index in [2.05, 4.69) is 27.8 Å². The number of hydrogen-bond acceptors (Lipinski definition) is 3. The Balaban J connectivity index is 1.77. The number of carbonyl (C=O) groups excluding carboxylic acids is 1. The van der Waals surface area contributed by atoms with Gasteiger partial charge < -0.3 is 9.80 Å². The Morgan fingerprint density at radius 3 is 3.00 bits per heavy atom. The summed E-state index contributed by atoms with van der Waals surface area (Å²) >= 11 is 9.74. The van der Waals surface area contributed by atoms with Gasteiger partial charge in [0.25, 0.3) is 0 Å². The molecule has 4 heterocycles. The highest BCUT2D eigenvalue weighted by molar-refractivity contribution is 9.10. The molecule has 0 aliphatic carbocycles. The Hall–Kier alpha value is -1.34. The third-order valence-electron chi connectivity index (χ3n) is 5.37. The number of urea groups is 1. The third-order valence-corrected chi connectivity index (χ3v) is 6.20. The standard InChI is InChI=1S/C16H19BrClN5O/c1-16(5-3-10-4-7-21(2)15(24)23(10)9-16)14-20-12(17)11-13(18)19-6-8-22(11)14/h6,8,10H,3-5,7,9H2,1-2H3. The van der Waals surface area contributed by atoms with E-state index in [0.717, 1.165) is 37.1 Å². The van der Waals surface area contributed by atoms with Gasteiger partial charge in [0.05, 0.1) is 0 Å². The Labute approximate surface area is 153 Å². The Bertz CT molecular complexity index is 824. The molecule has 4 rings (SSSR count). The summed E-state index contributed by atoms with van der Waals surface area (Å²) in [5.74, 6) is 0.924. The second kappa shape index (κ2) is 5.59. The van der Waals surface area contributed by atoms with Crippen LogP contribution in [-0.2, 0) is 5.41 Å². The molecule has 2 amide bonds. The number of amides is 2. The van der Waals surface area contributed by atoms with Gasteiger partial charge in [0, 0.05) is 44.0 Å². The number of imidazole rings is 1. The van der Waals surface area contributed by atoms with Gasteiger partial charge in [0.15, 0.2) is 5.15 Å². The Kier molecular flexibility index (Phi) is 3.76. The normalized spacial score (nSPS) is 27.7. The van der Waals surface area contributed by atoms with E-state index in [1.165, 1.54) is 0 Å². The van der Waals surface area contributed by atoms with Gasteiger partial charge in [0.1, 0.15) is 15.9 Å². The maximum Gasteiger partial charge on any atom is 0.320 e. The first-order valence-corrected chi connectivity index (χ1v) is 9.28. The molecule has 0 bridgehead atoms. The van der Waals surface area contributed by atoms with Gasteiger partial charge >= 0.3 is 6.03 Å². The molecule has 2 aliphatic rings. The van der Waals surface area contributed by atoms with Gasteiger partial charge in [0.2, 0.25) is 0 Å². The van der Waals surface area contributed by atoms with E-state index in [4.69, 9.17) is 16.6 Å². The quantitative estimate of drug-likeness (QED) is 0.722. The van der Waals surface area contributed by atoms with Crippen LogP contribution in [0.5, 0.6) is 0 Å². The molecule has 6 nitrogen and oxygen atoms in total. The number of aromatic nitrogens is 3. The summed E-state index contributed by atoms with van der Waals surface area (Å²) in [6.45, 7) is 3.70. The smallest absolute Gasteiger partial charge is 0.320 e. The molecule has 0 saturated carbocycles. The van der Waals surface area contributed by atoms with E-state index < -0.39 is 0 Å². The highest BCUT2D eigenvalue weighted by atomic mass is 79.9. The van der Waals surface area contributed by atoms with Crippen LogP contribution in [0.2, 0.25) is 5.15 Å². The van der Waals surface area contributed by atoms with Crippen molar-refractivity contribution in [3.05, 3.63) is 28.0 Å². The first kappa shape index (κ1) is 16.1. The molecule has 0 N–H and O–H groups in total. The van der Waals surface area contributed by atoms with Crippen LogP contribution in [0, 0.1) is 0 Å². The van der Waals surface area contributed by atoms with Gasteiger partial charge in [-0.25, -0.2) is 14.8 Å². The SMILES string of the molecule is CN1CCC2CCC(C)(c3nc(Br)c4c(Cl)nccn34)CN2C1=O. The molecule has 8 heteroatoms. The molecule has 2 aliphatic heterocycles. The fourth-order valence-corrected chi connectivity index (χ4v) is 4.87. The summed E-state index contributed by atoms with van der Waals surface area (Å²) in [7, 11) is 1.87. The first-order chi connectivity index (χ1) is 11.4. The number of nitrogens with zero attached hydrogens (tertiary/aromatic N) is 5. The fraction of sp³-hybridized carbons (Fsp3) is 0.562. The highest BCUT2D eigenvalue weighted by Gasteiger charge is 2.44. The molecule has 2 saturated heterocycles. The second-order valence-corrected chi connectivity index (χ2v) is 8.15. The topological polar surface area (TPSA) is 53.7 Å². The van der Waals surface area contributed by atoms with Crippen molar-refractivity contribution >= 4 is 39.1 Å². The van der Waals surface area contributed by atoms with Crippen molar-refractivity contribution in [1.82, 2.24) is 24.2 Å². The van der Waals surface area contributed by atoms with Crippen LogP contribution in [0.15, 0.2) is 17.0 Å². The predicted octanol–water partition coefficient (Wildman–Crippen LogP) is 3.32. The highest BCUT2D eigenvalue weighted by Crippen LogP contribution is 2.40. The molecule has 0 aromatic carbocycles. The summed E-state index contributed by atoms with van der Waals surface area (Å²) in [5.41, 5.74) is 0.559. The van der Waals surface area contributed by atoms with Crippen LogP contribution in [-0.4, -0.2) is 56.4 Å². The van der Waals surface area contributed by atoms with Crippen LogP contribution < -0.4 is 0 Å². The van der Waals surface area contributed by atoms with Crippen LogP contribution >= 0.6 is 27.5 Å². The maximum absolute atomic E-state index is 12.6. The predicted molar refractivity (Wildman–Crippen MR) is 95.4 cm³/mol. The lowest BCUT2D eigenvalue weighted by molar-refractivity contribution is 0.0593. The van der Waals surface area contributed by atoms with Gasteiger partial charge in [-0.1, -0.05) is 18.5 Å². The van der Waals surface area contributed by atoms with Crippen molar-refractivity contribution in [3.63, 3.8) is 0 Å². The lowest BCUT2D eigenvalue weighted by Crippen LogP contribution is -2.59. The summed E-state index contributed by atoms with van der Waals surface area (Å²) in [4.78, 5) is 25.3. The summed E-state index contributed by atoms with van der Waals surface area (Å²) in [6.07, 6.45) is 6.61. The largest absolute Gasteiger partial charge is 0.328 e. The van der Waals surface area contributed by atoms with Crippen molar-refractivity contribution in [3.8, 4) is 0 Å². The van der Waals surface area contributed by atoms with Gasteiger partial charge in [-0.05, 0) is 35.2 Å². The van der Waals surface area contributed by atoms with E-state index in [0.29, 0.717) is 22.3 Å². The minimum atomic E-state index is -0.218. The van der Waals surface area contributed by atoms with E-state index >= 15 is 0 Å². The first-order valence-electron chi connectivity index (χ1n) is 8.11. The number of rotatable bonds is 1. The number of carbonyl (C=O) groups is 1. The summed E-state index contributed by atoms with van der Waals surface area (Å²) < 4.78 is 2.69. The Morgan fingerprint density at radius 1 is 1.42 bits per heavy atom. The molecule has 2 fully saturated rings. The van der Waals surface area contributed by atoms with E-state index in [1.807, 2.05) is 27.4 Å². The molecule has 2 aromatic rings. The van der Waals surface area contributed by atoms with Crippen molar-refractivity contribution < 1.29 is 4.79 Å². The molecule has 128 valence electrons. The molecule has 2 aromatic heterocycles. The van der Waals surface area contributed by atoms with Gasteiger partial charge in [-0.3, -0.25) is 4.40 Å². The average Bonchev–Trinajstić information content (AvgIpc) is 2.91. The zero-order valence-corrected chi connectivity index (χ0v) is 16.0. The molecular weight excluding hydrogens is 394 g/mol. The van der Waals surface area contributed by atoms with Crippen molar-refractivity contribution in [2.45, 2.75) is 37.6 Å². The average molecular weight is 413 g/mol. The molecular formula is C16H19BrClN5O. The van der Waals surface area contributed by atoms with Gasteiger partial charge in [-0.2, -0.15) is 0 Å². The summed E-state index contributed by atoms with van der Waals surface area (Å²) in [5, 5.41) is 0.425. The lowest BCUT2D eigenvalue weighted by Gasteiger charge is -2.48. The maximum atomic E-state index is 12.6. The number of fused-ring (bicyclic) bond motifs is 2. The monoisotopic (exact) mass is 411 g/mol. The Morgan fingerprint density at radius 2 is 2.21 bits per heavy atom. The zero-order chi connectivity index (χ0) is 17.1. The van der Waals surface area contributed by atoms with Crippen molar-refractivity contribution in [2.75, 3.05) is 20.1 Å². The summed E-state index contributed by atoms with van der Waals surface area (Å²) in [6, 6.07) is 0.471. The van der Waals surface area contributed by atoms with Crippen LogP contribution in [0.1, 0.15) is 32.0 Å². The molecule has 24 heavy (non-hydrogen) atoms.